The van der Waals surface area contributed by atoms with Crippen molar-refractivity contribution < 1.29 is 14.3 Å². The van der Waals surface area contributed by atoms with Gasteiger partial charge in [-0.25, -0.2) is 0 Å². The molecule has 0 aliphatic rings. The van der Waals surface area contributed by atoms with Crippen LogP contribution in [0.4, 0.5) is 0 Å². The number of carbonyl (C=O) groups excluding carboxylic acids is 2. The van der Waals surface area contributed by atoms with Gasteiger partial charge in [0.1, 0.15) is 5.75 Å². The Morgan fingerprint density at radius 1 is 0.943 bits per heavy atom. The third-order valence-electron chi connectivity index (χ3n) is 5.44. The highest BCUT2D eigenvalue weighted by molar-refractivity contribution is 7.99. The van der Waals surface area contributed by atoms with Gasteiger partial charge in [0.2, 0.25) is 5.91 Å². The van der Waals surface area contributed by atoms with Crippen LogP contribution in [0.25, 0.3) is 17.1 Å². The average molecular weight is 487 g/mol. The van der Waals surface area contributed by atoms with E-state index in [0.29, 0.717) is 23.2 Å². The largest absolute Gasteiger partial charge is 0.496 e. The van der Waals surface area contributed by atoms with E-state index in [1.165, 1.54) is 18.7 Å². The van der Waals surface area contributed by atoms with Gasteiger partial charge in [0, 0.05) is 5.69 Å². The Morgan fingerprint density at radius 3 is 2.29 bits per heavy atom. The molecular weight excluding hydrogens is 460 g/mol. The number of Topliss-reactive ketones (excluding diaryl/α,β-unsaturated/α-hetero) is 1. The number of para-hydroxylation sites is 2. The van der Waals surface area contributed by atoms with E-state index in [-0.39, 0.29) is 17.4 Å². The lowest BCUT2D eigenvalue weighted by atomic mass is 10.0. The number of nitrogens with zero attached hydrogens (tertiary/aromatic N) is 3. The highest BCUT2D eigenvalue weighted by atomic mass is 32.2. The molecule has 0 fully saturated rings. The fraction of sp³-hybridized carbons (Fsp3) is 0.185. The zero-order valence-electron chi connectivity index (χ0n) is 19.5. The molecule has 0 saturated heterocycles. The SMILES string of the molecule is COc1ccccc1-c1nnc(SCC(=O)N[C@H](Cc2ccccc2)C(C)=O)n1-c1ccccc1. The minimum absolute atomic E-state index is 0.0851. The molecule has 0 saturated carbocycles. The van der Waals surface area contributed by atoms with Crippen LogP contribution in [0.1, 0.15) is 12.5 Å². The lowest BCUT2D eigenvalue weighted by Gasteiger charge is -2.16. The molecule has 4 aromatic rings. The summed E-state index contributed by atoms with van der Waals surface area (Å²) in [5.41, 5.74) is 2.65. The molecule has 178 valence electrons. The molecule has 0 aliphatic heterocycles. The number of amides is 1. The summed E-state index contributed by atoms with van der Waals surface area (Å²) in [4.78, 5) is 24.9. The van der Waals surface area contributed by atoms with Crippen LogP contribution in [0.15, 0.2) is 90.1 Å². The number of thioether (sulfide) groups is 1. The molecular formula is C27H26N4O3S. The van der Waals surface area contributed by atoms with Crippen molar-refractivity contribution in [3.8, 4) is 22.8 Å². The second kappa shape index (κ2) is 11.5. The van der Waals surface area contributed by atoms with E-state index in [4.69, 9.17) is 4.74 Å². The summed E-state index contributed by atoms with van der Waals surface area (Å²) in [6, 6.07) is 26.4. The summed E-state index contributed by atoms with van der Waals surface area (Å²) in [7, 11) is 1.61. The van der Waals surface area contributed by atoms with Crippen molar-refractivity contribution in [1.29, 1.82) is 0 Å². The number of hydrogen-bond donors (Lipinski definition) is 1. The first kappa shape index (κ1) is 24.2. The third-order valence-corrected chi connectivity index (χ3v) is 6.37. The van der Waals surface area contributed by atoms with Crippen LogP contribution in [0, 0.1) is 0 Å². The van der Waals surface area contributed by atoms with Gasteiger partial charge in [-0.1, -0.05) is 72.4 Å². The molecule has 1 amide bonds. The van der Waals surface area contributed by atoms with E-state index >= 15 is 0 Å². The lowest BCUT2D eigenvalue weighted by Crippen LogP contribution is -2.42. The summed E-state index contributed by atoms with van der Waals surface area (Å²) in [6.07, 6.45) is 0.449. The zero-order chi connectivity index (χ0) is 24.6. The van der Waals surface area contributed by atoms with Gasteiger partial charge in [-0.05, 0) is 43.2 Å². The van der Waals surface area contributed by atoms with E-state index in [2.05, 4.69) is 15.5 Å². The van der Waals surface area contributed by atoms with Crippen LogP contribution in [-0.2, 0) is 16.0 Å². The van der Waals surface area contributed by atoms with E-state index < -0.39 is 6.04 Å². The number of benzene rings is 3. The molecule has 0 aliphatic carbocycles. The van der Waals surface area contributed by atoms with Crippen LogP contribution in [0.2, 0.25) is 0 Å². The number of rotatable bonds is 10. The molecule has 1 aromatic heterocycles. The Bertz CT molecular complexity index is 1290. The first-order valence-corrected chi connectivity index (χ1v) is 12.2. The average Bonchev–Trinajstić information content (AvgIpc) is 3.32. The van der Waals surface area contributed by atoms with Gasteiger partial charge in [0.05, 0.1) is 24.5 Å². The van der Waals surface area contributed by atoms with E-state index in [1.54, 1.807) is 7.11 Å². The fourth-order valence-corrected chi connectivity index (χ4v) is 4.45. The molecule has 0 unspecified atom stereocenters. The highest BCUT2D eigenvalue weighted by Crippen LogP contribution is 2.33. The van der Waals surface area contributed by atoms with Crippen molar-refractivity contribution in [3.05, 3.63) is 90.5 Å². The molecule has 1 atom stereocenters. The van der Waals surface area contributed by atoms with Crippen LogP contribution in [0.5, 0.6) is 5.75 Å². The van der Waals surface area contributed by atoms with E-state index in [9.17, 15) is 9.59 Å². The zero-order valence-corrected chi connectivity index (χ0v) is 20.4. The molecule has 35 heavy (non-hydrogen) atoms. The Hall–Kier alpha value is -3.91. The van der Waals surface area contributed by atoms with Crippen molar-refractivity contribution in [2.45, 2.75) is 24.5 Å². The smallest absolute Gasteiger partial charge is 0.231 e. The Balaban J connectivity index is 1.55. The second-order valence-corrected chi connectivity index (χ2v) is 8.83. The Labute approximate surface area is 208 Å². The number of hydrogen-bond acceptors (Lipinski definition) is 6. The second-order valence-electron chi connectivity index (χ2n) is 7.89. The van der Waals surface area contributed by atoms with Gasteiger partial charge in [0.15, 0.2) is 16.8 Å². The minimum atomic E-state index is -0.582. The highest BCUT2D eigenvalue weighted by Gasteiger charge is 2.21. The van der Waals surface area contributed by atoms with Crippen LogP contribution >= 0.6 is 11.8 Å². The number of ketones is 1. The van der Waals surface area contributed by atoms with E-state index in [0.717, 1.165) is 16.8 Å². The maximum atomic E-state index is 12.8. The van der Waals surface area contributed by atoms with Crippen molar-refractivity contribution in [2.24, 2.45) is 0 Å². The van der Waals surface area contributed by atoms with Crippen LogP contribution in [0.3, 0.4) is 0 Å². The van der Waals surface area contributed by atoms with Crippen LogP contribution < -0.4 is 10.1 Å². The molecule has 1 N–H and O–H groups in total. The number of carbonyl (C=O) groups is 2. The monoisotopic (exact) mass is 486 g/mol. The van der Waals surface area contributed by atoms with Gasteiger partial charge in [-0.2, -0.15) is 0 Å². The summed E-state index contributed by atoms with van der Waals surface area (Å²) in [6.45, 7) is 1.49. The van der Waals surface area contributed by atoms with Gasteiger partial charge in [-0.3, -0.25) is 14.2 Å². The number of aromatic nitrogens is 3. The number of methoxy groups -OCH3 is 1. The van der Waals surface area contributed by atoms with Crippen molar-refractivity contribution in [3.63, 3.8) is 0 Å². The summed E-state index contributed by atoms with van der Waals surface area (Å²) >= 11 is 1.26. The van der Waals surface area contributed by atoms with Crippen LogP contribution in [-0.4, -0.2) is 45.4 Å². The van der Waals surface area contributed by atoms with Gasteiger partial charge < -0.3 is 10.1 Å². The molecule has 0 spiro atoms. The molecule has 1 heterocycles. The predicted molar refractivity (Wildman–Crippen MR) is 137 cm³/mol. The standard InChI is InChI=1S/C27H26N4O3S/c1-19(32)23(17-20-11-5-3-6-12-20)28-25(33)18-35-27-30-29-26(22-15-9-10-16-24(22)34-2)31(27)21-13-7-4-8-14-21/h3-16,23H,17-18H2,1-2H3,(H,28,33)/t23-/m1/s1. The summed E-state index contributed by atoms with van der Waals surface area (Å²) in [5.74, 6) is 1.06. The normalized spacial score (nSPS) is 11.6. The van der Waals surface area contributed by atoms with Crippen molar-refractivity contribution in [1.82, 2.24) is 20.1 Å². The topological polar surface area (TPSA) is 86.1 Å². The maximum Gasteiger partial charge on any atom is 0.231 e. The number of ether oxygens (including phenoxy) is 1. The molecule has 4 rings (SSSR count). The van der Waals surface area contributed by atoms with E-state index in [1.807, 2.05) is 89.5 Å². The predicted octanol–water partition coefficient (Wildman–Crippen LogP) is 4.35. The van der Waals surface area contributed by atoms with Gasteiger partial charge in [0.25, 0.3) is 0 Å². The quantitative estimate of drug-likeness (QED) is 0.336. The van der Waals surface area contributed by atoms with Gasteiger partial charge in [-0.15, -0.1) is 10.2 Å². The lowest BCUT2D eigenvalue weighted by molar-refractivity contribution is -0.125. The van der Waals surface area contributed by atoms with Gasteiger partial charge >= 0.3 is 0 Å². The molecule has 7 nitrogen and oxygen atoms in total. The third kappa shape index (κ3) is 5.96. The Kier molecular flexibility index (Phi) is 7.95. The number of nitrogens with one attached hydrogen (secondary N) is 1. The summed E-state index contributed by atoms with van der Waals surface area (Å²) < 4.78 is 7.43. The molecule has 8 heteroatoms. The molecule has 0 bridgehead atoms. The first-order valence-electron chi connectivity index (χ1n) is 11.2. The summed E-state index contributed by atoms with van der Waals surface area (Å²) in [5, 5.41) is 12.2. The molecule has 3 aromatic carbocycles. The molecule has 0 radical (unpaired) electrons. The van der Waals surface area contributed by atoms with Crippen molar-refractivity contribution >= 4 is 23.5 Å². The van der Waals surface area contributed by atoms with Crippen molar-refractivity contribution in [2.75, 3.05) is 12.9 Å². The maximum absolute atomic E-state index is 12.8. The first-order chi connectivity index (χ1) is 17.1. The Morgan fingerprint density at radius 2 is 1.60 bits per heavy atom. The minimum Gasteiger partial charge on any atom is -0.496 e. The fourth-order valence-electron chi connectivity index (χ4n) is 3.69.